The molecular weight excluding hydrogens is 392 g/mol. The highest BCUT2D eigenvalue weighted by molar-refractivity contribution is 9.10. The first kappa shape index (κ1) is 16.9. The number of nitrogens with one attached hydrogen (secondary N) is 1. The number of fused-ring (bicyclic) bond motifs is 1. The van der Waals surface area contributed by atoms with Crippen LogP contribution in [-0.4, -0.2) is 36.0 Å². The van der Waals surface area contributed by atoms with Gasteiger partial charge in [0.25, 0.3) is 5.91 Å². The number of ether oxygens (including phenoxy) is 1. The summed E-state index contributed by atoms with van der Waals surface area (Å²) in [6, 6.07) is 13.6. The summed E-state index contributed by atoms with van der Waals surface area (Å²) in [6.07, 6.45) is 5.04. The Morgan fingerprint density at radius 1 is 1.23 bits per heavy atom. The Balaban J connectivity index is 1.58. The minimum absolute atomic E-state index is 0.0134. The normalized spacial score (nSPS) is 14.4. The third-order valence-electron chi connectivity index (χ3n) is 4.82. The molecule has 0 unspecified atom stereocenters. The SMILES string of the molecule is COc1ccccc1C(=O)N1CC=C(c2c[nH]c3ccc(Br)cc23)CC1. The van der Waals surface area contributed by atoms with E-state index in [1.54, 1.807) is 7.11 Å². The molecule has 0 saturated heterocycles. The van der Waals surface area contributed by atoms with E-state index in [4.69, 9.17) is 4.74 Å². The van der Waals surface area contributed by atoms with Gasteiger partial charge in [0.2, 0.25) is 0 Å². The minimum atomic E-state index is 0.0134. The van der Waals surface area contributed by atoms with E-state index in [0.29, 0.717) is 24.4 Å². The Bertz CT molecular complexity index is 1010. The molecule has 1 amide bonds. The molecule has 0 radical (unpaired) electrons. The van der Waals surface area contributed by atoms with Crippen molar-refractivity contribution in [2.75, 3.05) is 20.2 Å². The number of carbonyl (C=O) groups excluding carboxylic acids is 1. The van der Waals surface area contributed by atoms with Gasteiger partial charge in [0.1, 0.15) is 5.75 Å². The maximum atomic E-state index is 12.8. The lowest BCUT2D eigenvalue weighted by Gasteiger charge is -2.27. The molecule has 2 aromatic carbocycles. The van der Waals surface area contributed by atoms with Crippen LogP contribution in [0.15, 0.2) is 59.2 Å². The Morgan fingerprint density at radius 3 is 2.85 bits per heavy atom. The van der Waals surface area contributed by atoms with Gasteiger partial charge in [0.15, 0.2) is 0 Å². The van der Waals surface area contributed by atoms with Crippen LogP contribution in [0.5, 0.6) is 5.75 Å². The van der Waals surface area contributed by atoms with Crippen LogP contribution < -0.4 is 4.74 Å². The number of benzene rings is 2. The van der Waals surface area contributed by atoms with E-state index >= 15 is 0 Å². The number of aromatic nitrogens is 1. The number of hydrogen-bond acceptors (Lipinski definition) is 2. The average Bonchev–Trinajstić information content (AvgIpc) is 3.10. The van der Waals surface area contributed by atoms with Crippen LogP contribution in [0.3, 0.4) is 0 Å². The molecule has 4 rings (SSSR count). The molecule has 0 fully saturated rings. The van der Waals surface area contributed by atoms with Gasteiger partial charge in [-0.2, -0.15) is 0 Å². The smallest absolute Gasteiger partial charge is 0.257 e. The van der Waals surface area contributed by atoms with E-state index in [1.807, 2.05) is 35.2 Å². The molecule has 0 saturated carbocycles. The molecule has 1 N–H and O–H groups in total. The van der Waals surface area contributed by atoms with Gasteiger partial charge in [-0.25, -0.2) is 0 Å². The van der Waals surface area contributed by atoms with Crippen molar-refractivity contribution >= 4 is 38.3 Å². The molecule has 0 bridgehead atoms. The number of methoxy groups -OCH3 is 1. The number of aromatic amines is 1. The molecule has 4 nitrogen and oxygen atoms in total. The zero-order valence-electron chi connectivity index (χ0n) is 14.5. The van der Waals surface area contributed by atoms with Crippen LogP contribution in [-0.2, 0) is 0 Å². The number of halogens is 1. The van der Waals surface area contributed by atoms with Crippen molar-refractivity contribution in [2.45, 2.75) is 6.42 Å². The maximum absolute atomic E-state index is 12.8. The van der Waals surface area contributed by atoms with Gasteiger partial charge in [-0.05, 0) is 42.3 Å². The third kappa shape index (κ3) is 3.03. The van der Waals surface area contributed by atoms with E-state index in [9.17, 15) is 4.79 Å². The van der Waals surface area contributed by atoms with Crippen LogP contribution >= 0.6 is 15.9 Å². The van der Waals surface area contributed by atoms with Crippen molar-refractivity contribution in [3.8, 4) is 5.75 Å². The van der Waals surface area contributed by atoms with Crippen LogP contribution in [0, 0.1) is 0 Å². The zero-order valence-corrected chi connectivity index (χ0v) is 16.0. The van der Waals surface area contributed by atoms with Gasteiger partial charge in [-0.3, -0.25) is 4.79 Å². The van der Waals surface area contributed by atoms with Crippen molar-refractivity contribution in [3.05, 3.63) is 70.3 Å². The second-order valence-electron chi connectivity index (χ2n) is 6.32. The van der Waals surface area contributed by atoms with Gasteiger partial charge < -0.3 is 14.6 Å². The molecule has 2 heterocycles. The summed E-state index contributed by atoms with van der Waals surface area (Å²) in [5, 5.41) is 1.20. The zero-order chi connectivity index (χ0) is 18.1. The molecule has 0 atom stereocenters. The van der Waals surface area contributed by atoms with Crippen molar-refractivity contribution in [3.63, 3.8) is 0 Å². The van der Waals surface area contributed by atoms with Crippen molar-refractivity contribution < 1.29 is 9.53 Å². The predicted molar refractivity (Wildman–Crippen MR) is 107 cm³/mol. The number of H-pyrrole nitrogens is 1. The Labute approximate surface area is 160 Å². The molecule has 0 spiro atoms. The minimum Gasteiger partial charge on any atom is -0.496 e. The first-order valence-corrected chi connectivity index (χ1v) is 9.35. The Kier molecular flexibility index (Phi) is 4.55. The number of nitrogens with zero attached hydrogens (tertiary/aromatic N) is 1. The average molecular weight is 411 g/mol. The molecule has 1 aliphatic heterocycles. The number of para-hydroxylation sites is 1. The summed E-state index contributed by atoms with van der Waals surface area (Å²) >= 11 is 3.55. The van der Waals surface area contributed by atoms with Crippen LogP contribution in [0.4, 0.5) is 0 Å². The van der Waals surface area contributed by atoms with Gasteiger partial charge in [0, 0.05) is 40.2 Å². The van der Waals surface area contributed by atoms with E-state index in [2.05, 4.69) is 45.3 Å². The fraction of sp³-hybridized carbons (Fsp3) is 0.190. The lowest BCUT2D eigenvalue weighted by atomic mass is 9.98. The lowest BCUT2D eigenvalue weighted by molar-refractivity contribution is 0.0769. The molecule has 0 aliphatic carbocycles. The maximum Gasteiger partial charge on any atom is 0.257 e. The van der Waals surface area contributed by atoms with E-state index < -0.39 is 0 Å². The fourth-order valence-corrected chi connectivity index (χ4v) is 3.81. The highest BCUT2D eigenvalue weighted by atomic mass is 79.9. The summed E-state index contributed by atoms with van der Waals surface area (Å²) in [6.45, 7) is 1.30. The summed E-state index contributed by atoms with van der Waals surface area (Å²) < 4.78 is 6.39. The van der Waals surface area contributed by atoms with Gasteiger partial charge in [0.05, 0.1) is 12.7 Å². The lowest BCUT2D eigenvalue weighted by Crippen LogP contribution is -2.34. The number of hydrogen-bond donors (Lipinski definition) is 1. The molecular formula is C21H19BrN2O2. The van der Waals surface area contributed by atoms with Gasteiger partial charge in [-0.15, -0.1) is 0 Å². The summed E-state index contributed by atoms with van der Waals surface area (Å²) in [5.74, 6) is 0.633. The van der Waals surface area contributed by atoms with Crippen molar-refractivity contribution in [1.82, 2.24) is 9.88 Å². The second kappa shape index (κ2) is 7.00. The van der Waals surface area contributed by atoms with E-state index in [0.717, 1.165) is 16.4 Å². The standard InChI is InChI=1S/C21H19BrN2O2/c1-26-20-5-3-2-4-16(20)21(25)24-10-8-14(9-11-24)18-13-23-19-7-6-15(22)12-17(18)19/h2-8,12-13,23H,9-11H2,1H3. The second-order valence-corrected chi connectivity index (χ2v) is 7.24. The number of amides is 1. The highest BCUT2D eigenvalue weighted by Gasteiger charge is 2.22. The Hall–Kier alpha value is -2.53. The quantitative estimate of drug-likeness (QED) is 0.669. The topological polar surface area (TPSA) is 45.3 Å². The van der Waals surface area contributed by atoms with Crippen molar-refractivity contribution in [2.24, 2.45) is 0 Å². The van der Waals surface area contributed by atoms with Crippen LogP contribution in [0.2, 0.25) is 0 Å². The molecule has 26 heavy (non-hydrogen) atoms. The fourth-order valence-electron chi connectivity index (χ4n) is 3.45. The first-order valence-electron chi connectivity index (χ1n) is 8.55. The van der Waals surface area contributed by atoms with Gasteiger partial charge >= 0.3 is 0 Å². The number of carbonyl (C=O) groups is 1. The predicted octanol–water partition coefficient (Wildman–Crippen LogP) is 4.87. The molecule has 3 aromatic rings. The van der Waals surface area contributed by atoms with Crippen molar-refractivity contribution in [1.29, 1.82) is 0 Å². The Morgan fingerprint density at radius 2 is 2.08 bits per heavy atom. The highest BCUT2D eigenvalue weighted by Crippen LogP contribution is 2.31. The monoisotopic (exact) mass is 410 g/mol. The molecule has 1 aromatic heterocycles. The van der Waals surface area contributed by atoms with Crippen LogP contribution in [0.1, 0.15) is 22.3 Å². The van der Waals surface area contributed by atoms with E-state index in [1.165, 1.54) is 16.5 Å². The van der Waals surface area contributed by atoms with Gasteiger partial charge in [-0.1, -0.05) is 34.1 Å². The number of rotatable bonds is 3. The summed E-state index contributed by atoms with van der Waals surface area (Å²) in [4.78, 5) is 18.0. The first-order chi connectivity index (χ1) is 12.7. The van der Waals surface area contributed by atoms with Crippen LogP contribution in [0.25, 0.3) is 16.5 Å². The summed E-state index contributed by atoms with van der Waals surface area (Å²) in [5.41, 5.74) is 4.23. The largest absolute Gasteiger partial charge is 0.496 e. The molecule has 132 valence electrons. The van der Waals surface area contributed by atoms with E-state index in [-0.39, 0.29) is 5.91 Å². The summed E-state index contributed by atoms with van der Waals surface area (Å²) in [7, 11) is 1.59. The molecule has 5 heteroatoms. The molecule has 1 aliphatic rings. The third-order valence-corrected chi connectivity index (χ3v) is 5.32.